The molecule has 1 aromatic carbocycles. The monoisotopic (exact) mass is 384 g/mol. The Morgan fingerprint density at radius 2 is 2.12 bits per heavy atom. The number of nitrogens with zero attached hydrogens (tertiary/aromatic N) is 2. The van der Waals surface area contributed by atoms with Crippen molar-refractivity contribution in [3.05, 3.63) is 50.6 Å². The highest BCUT2D eigenvalue weighted by Gasteiger charge is 2.23. The van der Waals surface area contributed by atoms with Gasteiger partial charge >= 0.3 is 0 Å². The van der Waals surface area contributed by atoms with Crippen LogP contribution in [0.4, 0.5) is 0 Å². The molecule has 0 amide bonds. The largest absolute Gasteiger partial charge is 0.299 e. The quantitative estimate of drug-likeness (QED) is 0.497. The van der Waals surface area contributed by atoms with E-state index in [1.807, 2.05) is 31.2 Å². The first-order valence-electron chi connectivity index (χ1n) is 8.81. The van der Waals surface area contributed by atoms with Gasteiger partial charge in [-0.1, -0.05) is 23.9 Å². The van der Waals surface area contributed by atoms with Gasteiger partial charge in [0.1, 0.15) is 10.6 Å². The van der Waals surface area contributed by atoms with Crippen LogP contribution in [0.1, 0.15) is 35.8 Å². The first-order chi connectivity index (χ1) is 12.5. The Balaban J connectivity index is 1.99. The number of ketones is 1. The van der Waals surface area contributed by atoms with Crippen molar-refractivity contribution in [3.8, 4) is 5.69 Å². The van der Waals surface area contributed by atoms with Gasteiger partial charge in [0.15, 0.2) is 5.16 Å². The van der Waals surface area contributed by atoms with Crippen molar-refractivity contribution in [2.45, 2.75) is 44.7 Å². The molecule has 1 aliphatic rings. The van der Waals surface area contributed by atoms with Gasteiger partial charge in [0.05, 0.1) is 16.8 Å². The molecule has 0 spiro atoms. The van der Waals surface area contributed by atoms with Gasteiger partial charge in [-0.25, -0.2) is 4.98 Å². The summed E-state index contributed by atoms with van der Waals surface area (Å²) in [5.74, 6) is 0.389. The van der Waals surface area contributed by atoms with Gasteiger partial charge in [-0.3, -0.25) is 14.2 Å². The number of benzene rings is 1. The number of carbonyl (C=O) groups excluding carboxylic acids is 1. The maximum Gasteiger partial charge on any atom is 0.267 e. The van der Waals surface area contributed by atoms with E-state index in [4.69, 9.17) is 4.98 Å². The summed E-state index contributed by atoms with van der Waals surface area (Å²) in [5, 5.41) is 1.38. The van der Waals surface area contributed by atoms with Crippen molar-refractivity contribution >= 4 is 39.1 Å². The Morgan fingerprint density at radius 1 is 1.31 bits per heavy atom. The minimum Gasteiger partial charge on any atom is -0.299 e. The van der Waals surface area contributed by atoms with Crippen LogP contribution < -0.4 is 5.56 Å². The number of aromatic nitrogens is 2. The van der Waals surface area contributed by atoms with E-state index < -0.39 is 0 Å². The van der Waals surface area contributed by atoms with E-state index in [1.165, 1.54) is 28.6 Å². The van der Waals surface area contributed by atoms with Crippen LogP contribution in [0.25, 0.3) is 15.9 Å². The van der Waals surface area contributed by atoms with E-state index in [-0.39, 0.29) is 11.3 Å². The zero-order chi connectivity index (χ0) is 18.3. The summed E-state index contributed by atoms with van der Waals surface area (Å²) in [6.07, 6.45) is 4.30. The van der Waals surface area contributed by atoms with Crippen LogP contribution in [0.5, 0.6) is 0 Å². The third-order valence-corrected chi connectivity index (χ3v) is 6.89. The first-order valence-corrected chi connectivity index (χ1v) is 10.6. The molecule has 0 N–H and O–H groups in total. The third kappa shape index (κ3) is 3.12. The minimum atomic E-state index is -0.00829. The fourth-order valence-corrected chi connectivity index (χ4v) is 5.56. The number of thiophene rings is 1. The molecule has 0 aliphatic heterocycles. The van der Waals surface area contributed by atoms with E-state index in [0.29, 0.717) is 10.9 Å². The van der Waals surface area contributed by atoms with Gasteiger partial charge in [0.25, 0.3) is 5.56 Å². The Labute approximate surface area is 160 Å². The molecular weight excluding hydrogens is 364 g/mol. The van der Waals surface area contributed by atoms with Gasteiger partial charge < -0.3 is 0 Å². The van der Waals surface area contributed by atoms with E-state index in [2.05, 4.69) is 0 Å². The van der Waals surface area contributed by atoms with Crippen LogP contribution in [0.3, 0.4) is 0 Å². The molecule has 4 rings (SSSR count). The summed E-state index contributed by atoms with van der Waals surface area (Å²) >= 11 is 2.99. The summed E-state index contributed by atoms with van der Waals surface area (Å²) in [6, 6.07) is 7.88. The maximum absolute atomic E-state index is 13.5. The average molecular weight is 385 g/mol. The molecule has 3 aromatic rings. The lowest BCUT2D eigenvalue weighted by molar-refractivity contribution is -0.114. The molecular formula is C20H20N2O2S2. The second-order valence-electron chi connectivity index (χ2n) is 6.76. The number of hydrogen-bond donors (Lipinski definition) is 0. The number of carbonyl (C=O) groups is 1. The van der Waals surface area contributed by atoms with Crippen molar-refractivity contribution in [3.63, 3.8) is 0 Å². The number of thioether (sulfide) groups is 1. The van der Waals surface area contributed by atoms with Crippen molar-refractivity contribution in [1.29, 1.82) is 0 Å². The second kappa shape index (κ2) is 7.00. The molecule has 2 heterocycles. The van der Waals surface area contributed by atoms with Crippen LogP contribution >= 0.6 is 23.1 Å². The van der Waals surface area contributed by atoms with Crippen LogP contribution in [-0.4, -0.2) is 21.1 Å². The molecule has 134 valence electrons. The van der Waals surface area contributed by atoms with Gasteiger partial charge in [0, 0.05) is 4.88 Å². The summed E-state index contributed by atoms with van der Waals surface area (Å²) in [5.41, 5.74) is 3.08. The molecule has 0 fully saturated rings. The lowest BCUT2D eigenvalue weighted by atomic mass is 9.97. The molecule has 0 unspecified atom stereocenters. The Hall–Kier alpha value is -1.92. The number of rotatable bonds is 4. The van der Waals surface area contributed by atoms with Crippen LogP contribution in [0, 0.1) is 6.92 Å². The highest BCUT2D eigenvalue weighted by atomic mass is 32.2. The minimum absolute atomic E-state index is 0.00829. The van der Waals surface area contributed by atoms with Crippen molar-refractivity contribution < 1.29 is 4.79 Å². The number of aryl methyl sites for hydroxylation is 3. The molecule has 1 aliphatic carbocycles. The predicted molar refractivity (Wildman–Crippen MR) is 108 cm³/mol. The normalized spacial score (nSPS) is 13.8. The summed E-state index contributed by atoms with van der Waals surface area (Å²) in [4.78, 5) is 31.9. The van der Waals surface area contributed by atoms with E-state index in [1.54, 1.807) is 22.8 Å². The van der Waals surface area contributed by atoms with Crippen LogP contribution in [0.15, 0.2) is 34.2 Å². The van der Waals surface area contributed by atoms with Gasteiger partial charge in [0.2, 0.25) is 0 Å². The number of fused-ring (bicyclic) bond motifs is 3. The smallest absolute Gasteiger partial charge is 0.267 e. The van der Waals surface area contributed by atoms with E-state index in [9.17, 15) is 9.59 Å². The maximum atomic E-state index is 13.5. The molecule has 4 nitrogen and oxygen atoms in total. The van der Waals surface area contributed by atoms with Crippen molar-refractivity contribution in [1.82, 2.24) is 9.55 Å². The molecule has 6 heteroatoms. The Morgan fingerprint density at radius 3 is 2.88 bits per heavy atom. The molecule has 26 heavy (non-hydrogen) atoms. The number of hydrogen-bond acceptors (Lipinski definition) is 5. The predicted octanol–water partition coefficient (Wildman–Crippen LogP) is 4.32. The second-order valence-corrected chi connectivity index (χ2v) is 8.78. The van der Waals surface area contributed by atoms with Crippen LogP contribution in [-0.2, 0) is 17.6 Å². The lowest BCUT2D eigenvalue weighted by Crippen LogP contribution is -2.22. The molecule has 2 aromatic heterocycles. The van der Waals surface area contributed by atoms with Gasteiger partial charge in [-0.15, -0.1) is 11.3 Å². The van der Waals surface area contributed by atoms with Gasteiger partial charge in [-0.2, -0.15) is 0 Å². The molecule has 0 radical (unpaired) electrons. The highest BCUT2D eigenvalue weighted by molar-refractivity contribution is 7.99. The summed E-state index contributed by atoms with van der Waals surface area (Å²) in [7, 11) is 0. The van der Waals surface area contributed by atoms with Crippen molar-refractivity contribution in [2.75, 3.05) is 5.75 Å². The fraction of sp³-hybridized carbons (Fsp3) is 0.350. The third-order valence-electron chi connectivity index (χ3n) is 4.62. The fourth-order valence-electron chi connectivity index (χ4n) is 3.44. The molecule has 0 saturated heterocycles. The lowest BCUT2D eigenvalue weighted by Gasteiger charge is -2.13. The van der Waals surface area contributed by atoms with E-state index >= 15 is 0 Å². The van der Waals surface area contributed by atoms with Crippen molar-refractivity contribution in [2.24, 2.45) is 0 Å². The van der Waals surface area contributed by atoms with Gasteiger partial charge in [-0.05, 0) is 62.8 Å². The Kier molecular flexibility index (Phi) is 4.71. The standard InChI is InChI=1S/C20H20N2O2S2/c1-12-6-5-7-14(10-12)22-19(24)17-15-8-3-4-9-16(15)26-18(17)21-20(22)25-11-13(2)23/h5-7,10H,3-4,8-9,11H2,1-2H3. The average Bonchev–Trinajstić information content (AvgIpc) is 2.98. The van der Waals surface area contributed by atoms with E-state index in [0.717, 1.165) is 40.7 Å². The summed E-state index contributed by atoms with van der Waals surface area (Å²) < 4.78 is 1.69. The Bertz CT molecular complexity index is 1070. The molecule has 0 bridgehead atoms. The zero-order valence-corrected chi connectivity index (χ0v) is 16.5. The highest BCUT2D eigenvalue weighted by Crippen LogP contribution is 2.35. The first kappa shape index (κ1) is 17.5. The molecule has 0 atom stereocenters. The SMILES string of the molecule is CC(=O)CSc1nc2sc3c(c2c(=O)n1-c1cccc(C)c1)CCCC3. The summed E-state index contributed by atoms with van der Waals surface area (Å²) in [6.45, 7) is 3.57. The topological polar surface area (TPSA) is 52.0 Å². The zero-order valence-electron chi connectivity index (χ0n) is 14.9. The number of Topliss-reactive ketones (excluding diaryl/α,β-unsaturated/α-hetero) is 1. The molecule has 0 saturated carbocycles. The van der Waals surface area contributed by atoms with Crippen LogP contribution in [0.2, 0.25) is 0 Å².